The number of rotatable bonds is 6. The van der Waals surface area contributed by atoms with Gasteiger partial charge in [0, 0.05) is 50.4 Å². The van der Waals surface area contributed by atoms with Crippen LogP contribution in [0.5, 0.6) is 0 Å². The smallest absolute Gasteiger partial charge is 0.345 e. The zero-order chi connectivity index (χ0) is 25.1. The summed E-state index contributed by atoms with van der Waals surface area (Å²) in [5.41, 5.74) is 2.09. The van der Waals surface area contributed by atoms with E-state index in [0.717, 1.165) is 41.8 Å². The topological polar surface area (TPSA) is 70.2 Å². The molecule has 7 nitrogen and oxygen atoms in total. The van der Waals surface area contributed by atoms with Crippen molar-refractivity contribution in [1.82, 2.24) is 14.7 Å². The Morgan fingerprint density at radius 3 is 2.44 bits per heavy atom. The molecule has 36 heavy (non-hydrogen) atoms. The number of benzene rings is 1. The molecule has 2 atom stereocenters. The molecule has 0 spiro atoms. The minimum Gasteiger partial charge on any atom is -0.462 e. The number of thiophene rings is 1. The molecule has 0 bridgehead atoms. The lowest BCUT2D eigenvalue weighted by molar-refractivity contribution is -0.145. The number of nitrogens with zero attached hydrogens (tertiary/aromatic N) is 3. The average molecular weight is 508 g/mol. The van der Waals surface area contributed by atoms with Crippen LogP contribution < -0.4 is 0 Å². The summed E-state index contributed by atoms with van der Waals surface area (Å²) in [5.74, 6) is -0.614. The highest BCUT2D eigenvalue weighted by Gasteiger charge is 2.47. The van der Waals surface area contributed by atoms with Crippen LogP contribution in [-0.2, 0) is 20.9 Å². The maximum absolute atomic E-state index is 14.0. The summed E-state index contributed by atoms with van der Waals surface area (Å²) < 4.78 is 5.43. The van der Waals surface area contributed by atoms with Crippen LogP contribution >= 0.6 is 11.3 Å². The molecule has 1 saturated heterocycles. The summed E-state index contributed by atoms with van der Waals surface area (Å²) >= 11 is 1.45. The van der Waals surface area contributed by atoms with Gasteiger partial charge >= 0.3 is 5.97 Å². The molecule has 2 amide bonds. The molecule has 2 aromatic rings. The molecular weight excluding hydrogens is 474 g/mol. The Kier molecular flexibility index (Phi) is 7.41. The van der Waals surface area contributed by atoms with Crippen LogP contribution in [0.15, 0.2) is 59.1 Å². The monoisotopic (exact) mass is 507 g/mol. The second kappa shape index (κ2) is 10.9. The number of carbonyl (C=O) groups is 3. The van der Waals surface area contributed by atoms with Gasteiger partial charge in [-0.2, -0.15) is 0 Å². The molecule has 1 unspecified atom stereocenters. The van der Waals surface area contributed by atoms with E-state index < -0.39 is 5.97 Å². The minimum absolute atomic E-state index is 0.0496. The molecule has 1 aliphatic carbocycles. The first-order valence-corrected chi connectivity index (χ1v) is 13.8. The summed E-state index contributed by atoms with van der Waals surface area (Å²) in [6, 6.07) is 13.8. The maximum Gasteiger partial charge on any atom is 0.345 e. The van der Waals surface area contributed by atoms with E-state index in [1.807, 2.05) is 57.6 Å². The van der Waals surface area contributed by atoms with E-state index in [4.69, 9.17) is 4.74 Å². The van der Waals surface area contributed by atoms with E-state index in [0.29, 0.717) is 32.7 Å². The summed E-state index contributed by atoms with van der Waals surface area (Å²) in [6.45, 7) is 4.81. The predicted octanol–water partition coefficient (Wildman–Crippen LogP) is 3.92. The molecule has 1 aromatic carbocycles. The first-order valence-electron chi connectivity index (χ1n) is 12.9. The van der Waals surface area contributed by atoms with E-state index in [1.54, 1.807) is 6.92 Å². The third-order valence-corrected chi connectivity index (χ3v) is 8.38. The van der Waals surface area contributed by atoms with Crippen molar-refractivity contribution in [1.29, 1.82) is 0 Å². The molecular formula is C28H33N3O4S. The fourth-order valence-corrected chi connectivity index (χ4v) is 6.55. The van der Waals surface area contributed by atoms with E-state index in [2.05, 4.69) is 4.90 Å². The van der Waals surface area contributed by atoms with Gasteiger partial charge in [-0.25, -0.2) is 4.79 Å². The number of carbonyl (C=O) groups excluding carboxylic acids is 3. The second-order valence-corrected chi connectivity index (χ2v) is 10.6. The molecule has 2 aliphatic heterocycles. The van der Waals surface area contributed by atoms with Crippen LogP contribution in [0.25, 0.3) is 0 Å². The largest absolute Gasteiger partial charge is 0.462 e. The van der Waals surface area contributed by atoms with Gasteiger partial charge in [-0.3, -0.25) is 9.59 Å². The van der Waals surface area contributed by atoms with Gasteiger partial charge in [0.25, 0.3) is 11.8 Å². The average Bonchev–Trinajstić information content (AvgIpc) is 3.45. The Labute approximate surface area is 216 Å². The molecule has 2 fully saturated rings. The van der Waals surface area contributed by atoms with E-state index in [1.165, 1.54) is 11.3 Å². The fraction of sp³-hybridized carbons (Fsp3) is 0.464. The number of ether oxygens (including phenoxy) is 1. The quantitative estimate of drug-likeness (QED) is 0.438. The van der Waals surface area contributed by atoms with Gasteiger partial charge in [0.2, 0.25) is 0 Å². The Bertz CT molecular complexity index is 1120. The Morgan fingerprint density at radius 1 is 1.00 bits per heavy atom. The molecule has 3 aliphatic rings. The zero-order valence-corrected chi connectivity index (χ0v) is 21.5. The van der Waals surface area contributed by atoms with E-state index >= 15 is 0 Å². The fourth-order valence-electron chi connectivity index (χ4n) is 5.86. The lowest BCUT2D eigenvalue weighted by atomic mass is 9.76. The highest BCUT2D eigenvalue weighted by molar-refractivity contribution is 7.12. The third kappa shape index (κ3) is 4.78. The molecule has 0 radical (unpaired) electrons. The van der Waals surface area contributed by atoms with Crippen molar-refractivity contribution in [2.24, 2.45) is 5.92 Å². The number of fused-ring (bicyclic) bond motifs is 1. The standard InChI is InChI=1S/C28H33N3O4S/c1-2-35-28(34)24-25(29-14-16-30(17-15-29)26(32)23-13-8-18-36-23)21-11-6-7-12-22(21)31(27(24)33)19-20-9-4-3-5-10-20/h3-5,8-10,13,18,21-22H,2,6-7,11-12,14-17,19H2,1H3/t21?,22-/m0/s1. The highest BCUT2D eigenvalue weighted by atomic mass is 32.1. The molecule has 190 valence electrons. The highest BCUT2D eigenvalue weighted by Crippen LogP contribution is 2.42. The summed E-state index contributed by atoms with van der Waals surface area (Å²) in [5, 5.41) is 1.91. The van der Waals surface area contributed by atoms with Crippen LogP contribution in [0.1, 0.15) is 47.8 Å². The van der Waals surface area contributed by atoms with Crippen molar-refractivity contribution in [3.05, 3.63) is 69.6 Å². The van der Waals surface area contributed by atoms with Gasteiger partial charge in [-0.05, 0) is 36.8 Å². The molecule has 8 heteroatoms. The SMILES string of the molecule is CCOC(=O)C1=C(N2CCN(C(=O)c3cccs3)CC2)C2CCCC[C@@H]2N(Cc2ccccc2)C1=O. The van der Waals surface area contributed by atoms with Crippen LogP contribution in [0.2, 0.25) is 0 Å². The van der Waals surface area contributed by atoms with Crippen molar-refractivity contribution in [2.45, 2.75) is 45.2 Å². The maximum atomic E-state index is 14.0. The van der Waals surface area contributed by atoms with Crippen LogP contribution in [0.3, 0.4) is 0 Å². The van der Waals surface area contributed by atoms with E-state index in [9.17, 15) is 14.4 Å². The number of hydrogen-bond donors (Lipinski definition) is 0. The van der Waals surface area contributed by atoms with Gasteiger partial charge in [0.05, 0.1) is 11.5 Å². The molecule has 5 rings (SSSR count). The second-order valence-electron chi connectivity index (χ2n) is 9.61. The van der Waals surface area contributed by atoms with Crippen LogP contribution in [-0.4, -0.2) is 71.3 Å². The lowest BCUT2D eigenvalue weighted by Gasteiger charge is -2.49. The van der Waals surface area contributed by atoms with Crippen molar-refractivity contribution in [3.8, 4) is 0 Å². The van der Waals surface area contributed by atoms with Crippen LogP contribution in [0, 0.1) is 5.92 Å². The molecule has 3 heterocycles. The predicted molar refractivity (Wildman–Crippen MR) is 138 cm³/mol. The van der Waals surface area contributed by atoms with Gasteiger partial charge in [0.15, 0.2) is 0 Å². The van der Waals surface area contributed by atoms with E-state index in [-0.39, 0.29) is 36.0 Å². The van der Waals surface area contributed by atoms with Crippen LogP contribution in [0.4, 0.5) is 0 Å². The normalized spacial score (nSPS) is 22.5. The van der Waals surface area contributed by atoms with Crippen molar-refractivity contribution < 1.29 is 19.1 Å². The third-order valence-electron chi connectivity index (χ3n) is 7.53. The van der Waals surface area contributed by atoms with Gasteiger partial charge in [-0.15, -0.1) is 11.3 Å². The Morgan fingerprint density at radius 2 is 1.75 bits per heavy atom. The van der Waals surface area contributed by atoms with Gasteiger partial charge < -0.3 is 19.4 Å². The molecule has 0 N–H and O–H groups in total. The number of amides is 2. The van der Waals surface area contributed by atoms with Crippen molar-refractivity contribution in [2.75, 3.05) is 32.8 Å². The zero-order valence-electron chi connectivity index (χ0n) is 20.7. The summed E-state index contributed by atoms with van der Waals surface area (Å²) in [4.78, 5) is 46.8. The van der Waals surface area contributed by atoms with Gasteiger partial charge in [0.1, 0.15) is 5.57 Å². The number of hydrogen-bond acceptors (Lipinski definition) is 6. The number of piperazine rings is 1. The number of esters is 1. The summed E-state index contributed by atoms with van der Waals surface area (Å²) in [7, 11) is 0. The Balaban J connectivity index is 1.45. The first kappa shape index (κ1) is 24.6. The summed E-state index contributed by atoms with van der Waals surface area (Å²) in [6.07, 6.45) is 4.02. The van der Waals surface area contributed by atoms with Gasteiger partial charge in [-0.1, -0.05) is 49.2 Å². The lowest BCUT2D eigenvalue weighted by Crippen LogP contribution is -2.57. The Hall–Kier alpha value is -3.13. The molecule has 1 saturated carbocycles. The molecule has 1 aromatic heterocycles. The van der Waals surface area contributed by atoms with Crippen molar-refractivity contribution >= 4 is 29.1 Å². The minimum atomic E-state index is -0.531. The first-order chi connectivity index (χ1) is 17.6. The van der Waals surface area contributed by atoms with Crippen molar-refractivity contribution in [3.63, 3.8) is 0 Å².